The van der Waals surface area contributed by atoms with Crippen molar-refractivity contribution in [1.29, 1.82) is 0 Å². The molecule has 0 radical (unpaired) electrons. The Morgan fingerprint density at radius 1 is 1.36 bits per heavy atom. The van der Waals surface area contributed by atoms with Crippen LogP contribution in [0.25, 0.3) is 10.9 Å². The van der Waals surface area contributed by atoms with Crippen molar-refractivity contribution >= 4 is 16.8 Å². The number of hydrogen-bond acceptors (Lipinski definition) is 4. The first-order valence-electron chi connectivity index (χ1n) is 9.01. The lowest BCUT2D eigenvalue weighted by atomic mass is 10.1. The number of rotatable bonds is 6. The average molecular weight is 341 g/mol. The molecule has 1 atom stereocenters. The van der Waals surface area contributed by atoms with Crippen molar-refractivity contribution in [3.63, 3.8) is 0 Å². The van der Waals surface area contributed by atoms with Gasteiger partial charge in [-0.15, -0.1) is 0 Å². The molecule has 1 aromatic heterocycles. The summed E-state index contributed by atoms with van der Waals surface area (Å²) >= 11 is 0. The molecule has 5 nitrogen and oxygen atoms in total. The van der Waals surface area contributed by atoms with Crippen molar-refractivity contribution < 1.29 is 9.53 Å². The van der Waals surface area contributed by atoms with Crippen molar-refractivity contribution in [3.05, 3.63) is 36.0 Å². The van der Waals surface area contributed by atoms with Gasteiger partial charge in [0.1, 0.15) is 11.3 Å². The van der Waals surface area contributed by atoms with Crippen molar-refractivity contribution in [2.45, 2.75) is 51.2 Å². The van der Waals surface area contributed by atoms with E-state index in [1.165, 1.54) is 12.8 Å². The van der Waals surface area contributed by atoms with E-state index in [1.807, 2.05) is 26.1 Å². The number of ether oxygens (including phenoxy) is 1. The number of likely N-dealkylation sites (N-methyl/N-ethyl adjacent to an activating group) is 1. The lowest BCUT2D eigenvalue weighted by Crippen LogP contribution is -2.46. The van der Waals surface area contributed by atoms with Crippen LogP contribution in [0, 0.1) is 0 Å². The number of amides is 1. The van der Waals surface area contributed by atoms with Gasteiger partial charge in [0.2, 0.25) is 5.91 Å². The quantitative estimate of drug-likeness (QED) is 0.877. The number of carbonyl (C=O) groups is 1. The smallest absolute Gasteiger partial charge is 0.237 e. The maximum atomic E-state index is 12.5. The van der Waals surface area contributed by atoms with Gasteiger partial charge in [0.05, 0.1) is 13.2 Å². The molecule has 1 amide bonds. The van der Waals surface area contributed by atoms with Crippen LogP contribution in [0.2, 0.25) is 0 Å². The van der Waals surface area contributed by atoms with Crippen molar-refractivity contribution in [3.8, 4) is 5.75 Å². The molecule has 5 heteroatoms. The van der Waals surface area contributed by atoms with E-state index in [9.17, 15) is 4.79 Å². The van der Waals surface area contributed by atoms with Crippen molar-refractivity contribution in [2.75, 3.05) is 14.2 Å². The Balaban J connectivity index is 1.73. The van der Waals surface area contributed by atoms with Crippen LogP contribution in [0.5, 0.6) is 5.75 Å². The van der Waals surface area contributed by atoms with Crippen LogP contribution >= 0.6 is 0 Å². The van der Waals surface area contributed by atoms with Crippen LogP contribution < -0.4 is 10.1 Å². The molecule has 3 rings (SSSR count). The first-order valence-corrected chi connectivity index (χ1v) is 9.01. The van der Waals surface area contributed by atoms with E-state index in [-0.39, 0.29) is 11.9 Å². The molecule has 1 aliphatic carbocycles. The summed E-state index contributed by atoms with van der Waals surface area (Å²) < 4.78 is 5.41. The topological polar surface area (TPSA) is 54.5 Å². The van der Waals surface area contributed by atoms with E-state index in [2.05, 4.69) is 27.3 Å². The Bertz CT molecular complexity index is 741. The van der Waals surface area contributed by atoms with Gasteiger partial charge in [-0.05, 0) is 44.5 Å². The van der Waals surface area contributed by atoms with Crippen molar-refractivity contribution in [1.82, 2.24) is 15.2 Å². The molecule has 0 spiro atoms. The summed E-state index contributed by atoms with van der Waals surface area (Å²) in [5.74, 6) is 0.888. The maximum absolute atomic E-state index is 12.5. The van der Waals surface area contributed by atoms with Gasteiger partial charge in [0, 0.05) is 24.2 Å². The van der Waals surface area contributed by atoms with Crippen LogP contribution in [-0.2, 0) is 11.3 Å². The predicted octanol–water partition coefficient (Wildman–Crippen LogP) is 3.12. The number of pyridine rings is 1. The molecule has 0 saturated heterocycles. The fraction of sp³-hybridized carbons (Fsp3) is 0.500. The monoisotopic (exact) mass is 341 g/mol. The molecule has 1 heterocycles. The third-order valence-corrected chi connectivity index (χ3v) is 5.20. The zero-order valence-electron chi connectivity index (χ0n) is 15.3. The first kappa shape index (κ1) is 17.7. The lowest BCUT2D eigenvalue weighted by Gasteiger charge is -2.26. The number of carbonyl (C=O) groups excluding carboxylic acids is 1. The fourth-order valence-corrected chi connectivity index (χ4v) is 3.51. The Morgan fingerprint density at radius 3 is 2.84 bits per heavy atom. The van der Waals surface area contributed by atoms with E-state index < -0.39 is 0 Å². The van der Waals surface area contributed by atoms with Gasteiger partial charge in [-0.25, -0.2) is 0 Å². The molecule has 0 aliphatic heterocycles. The molecular weight excluding hydrogens is 314 g/mol. The van der Waals surface area contributed by atoms with E-state index >= 15 is 0 Å². The SMILES string of the molecule is COc1ccc(CN(C)C(C)C(=O)NC2CCCC2)c2cccnc12. The van der Waals surface area contributed by atoms with Crippen molar-refractivity contribution in [2.24, 2.45) is 0 Å². The first-order chi connectivity index (χ1) is 12.1. The van der Waals surface area contributed by atoms with E-state index in [1.54, 1.807) is 13.3 Å². The normalized spacial score (nSPS) is 16.3. The number of nitrogens with zero attached hydrogens (tertiary/aromatic N) is 2. The molecule has 1 saturated carbocycles. The second-order valence-electron chi connectivity index (χ2n) is 6.91. The standard InChI is InChI=1S/C20H27N3O2/c1-14(20(24)22-16-7-4-5-8-16)23(2)13-15-10-11-18(25-3)19-17(15)9-6-12-21-19/h6,9-12,14,16H,4-5,7-8,13H2,1-3H3,(H,22,24). The average Bonchev–Trinajstić information content (AvgIpc) is 3.14. The van der Waals surface area contributed by atoms with Gasteiger partial charge >= 0.3 is 0 Å². The van der Waals surface area contributed by atoms with Crippen LogP contribution in [-0.4, -0.2) is 42.0 Å². The highest BCUT2D eigenvalue weighted by atomic mass is 16.5. The fourth-order valence-electron chi connectivity index (χ4n) is 3.51. The minimum atomic E-state index is -0.172. The van der Waals surface area contributed by atoms with Crippen LogP contribution in [0.3, 0.4) is 0 Å². The Morgan fingerprint density at radius 2 is 2.12 bits per heavy atom. The lowest BCUT2D eigenvalue weighted by molar-refractivity contribution is -0.126. The van der Waals surface area contributed by atoms with Gasteiger partial charge in [0.25, 0.3) is 0 Å². The molecule has 25 heavy (non-hydrogen) atoms. The van der Waals surface area contributed by atoms with Crippen LogP contribution in [0.4, 0.5) is 0 Å². The predicted molar refractivity (Wildman–Crippen MR) is 99.6 cm³/mol. The highest BCUT2D eigenvalue weighted by Crippen LogP contribution is 2.27. The summed E-state index contributed by atoms with van der Waals surface area (Å²) in [4.78, 5) is 19.0. The number of fused-ring (bicyclic) bond motifs is 1. The number of aromatic nitrogens is 1. The van der Waals surface area contributed by atoms with E-state index in [4.69, 9.17) is 4.74 Å². The number of nitrogens with one attached hydrogen (secondary N) is 1. The maximum Gasteiger partial charge on any atom is 0.237 e. The second-order valence-corrected chi connectivity index (χ2v) is 6.91. The summed E-state index contributed by atoms with van der Waals surface area (Å²) in [5, 5.41) is 4.25. The van der Waals surface area contributed by atoms with Gasteiger partial charge < -0.3 is 10.1 Å². The zero-order valence-corrected chi connectivity index (χ0v) is 15.3. The van der Waals surface area contributed by atoms with Gasteiger partial charge in [0.15, 0.2) is 0 Å². The van der Waals surface area contributed by atoms with E-state index in [0.29, 0.717) is 12.6 Å². The summed E-state index contributed by atoms with van der Waals surface area (Å²) in [6.07, 6.45) is 6.43. The molecule has 0 bridgehead atoms. The number of benzene rings is 1. The molecule has 1 fully saturated rings. The van der Waals surface area contributed by atoms with Gasteiger partial charge in [-0.2, -0.15) is 0 Å². The highest BCUT2D eigenvalue weighted by molar-refractivity contribution is 5.87. The zero-order chi connectivity index (χ0) is 17.8. The summed E-state index contributed by atoms with van der Waals surface area (Å²) in [6.45, 7) is 2.65. The Hall–Kier alpha value is -2.14. The van der Waals surface area contributed by atoms with E-state index in [0.717, 1.165) is 35.1 Å². The molecule has 1 aromatic carbocycles. The summed E-state index contributed by atoms with van der Waals surface area (Å²) in [7, 11) is 3.65. The minimum Gasteiger partial charge on any atom is -0.494 e. The Kier molecular flexibility index (Phi) is 5.53. The van der Waals surface area contributed by atoms with Gasteiger partial charge in [-0.1, -0.05) is 25.0 Å². The Labute approximate surface area is 149 Å². The number of hydrogen-bond donors (Lipinski definition) is 1. The second kappa shape index (κ2) is 7.83. The molecule has 2 aromatic rings. The minimum absolute atomic E-state index is 0.116. The molecular formula is C20H27N3O2. The summed E-state index contributed by atoms with van der Waals surface area (Å²) in [6, 6.07) is 8.17. The molecule has 1 aliphatic rings. The largest absolute Gasteiger partial charge is 0.494 e. The summed E-state index contributed by atoms with van der Waals surface area (Å²) in [5.41, 5.74) is 2.01. The third kappa shape index (κ3) is 3.93. The molecule has 1 N–H and O–H groups in total. The molecule has 134 valence electrons. The third-order valence-electron chi connectivity index (χ3n) is 5.20. The van der Waals surface area contributed by atoms with Gasteiger partial charge in [-0.3, -0.25) is 14.7 Å². The molecule has 1 unspecified atom stereocenters. The number of methoxy groups -OCH3 is 1. The van der Waals surface area contributed by atoms with Crippen LogP contribution in [0.15, 0.2) is 30.5 Å². The van der Waals surface area contributed by atoms with Crippen LogP contribution in [0.1, 0.15) is 38.2 Å². The highest BCUT2D eigenvalue weighted by Gasteiger charge is 2.23.